The first kappa shape index (κ1) is 9.06. The normalized spacial score (nSPS) is 9.42. The molecule has 4 heteroatoms. The van der Waals surface area contributed by atoms with Gasteiger partial charge >= 0.3 is 5.65 Å². The molecule has 64 valence electrons. The van der Waals surface area contributed by atoms with Crippen LogP contribution < -0.4 is 26.2 Å². The second-order valence-corrected chi connectivity index (χ2v) is 2.27. The molecule has 0 spiro atoms. The molecule has 0 aliphatic rings. The van der Waals surface area contributed by atoms with Gasteiger partial charge in [0.1, 0.15) is 13.3 Å². The average molecular weight is 229 g/mol. The zero-order valence-corrected chi connectivity index (χ0v) is 8.23. The van der Waals surface area contributed by atoms with E-state index in [1.807, 2.05) is 41.2 Å². The maximum absolute atomic E-state index is 5.06. The number of aromatic nitrogens is 2. The Hall–Kier alpha value is -1.03. The van der Waals surface area contributed by atoms with Crippen LogP contribution in [-0.2, 0) is 0 Å². The van der Waals surface area contributed by atoms with Crippen molar-refractivity contribution in [3.8, 4) is 0 Å². The molecule has 0 fully saturated rings. The van der Waals surface area contributed by atoms with E-state index < -0.39 is 0 Å². The highest BCUT2D eigenvalue weighted by Crippen LogP contribution is 1.93. The minimum Gasteiger partial charge on any atom is -1.00 e. The first-order valence-electron chi connectivity index (χ1n) is 3.43. The lowest BCUT2D eigenvalue weighted by Gasteiger charge is -1.89. The van der Waals surface area contributed by atoms with Gasteiger partial charge in [0.15, 0.2) is 6.20 Å². The molecular formula is C8H9BrN2O. The molecule has 2 aromatic heterocycles. The van der Waals surface area contributed by atoms with Crippen LogP contribution in [0.1, 0.15) is 0 Å². The van der Waals surface area contributed by atoms with Gasteiger partial charge in [-0.3, -0.25) is 0 Å². The van der Waals surface area contributed by atoms with Crippen molar-refractivity contribution < 1.29 is 26.2 Å². The van der Waals surface area contributed by atoms with Gasteiger partial charge in [0.25, 0.3) is 0 Å². The quantitative estimate of drug-likeness (QED) is 0.486. The third kappa shape index (κ3) is 1.30. The molecule has 0 amide bonds. The van der Waals surface area contributed by atoms with Gasteiger partial charge in [-0.1, -0.05) is 6.07 Å². The summed E-state index contributed by atoms with van der Waals surface area (Å²) in [6.07, 6.45) is 5.79. The summed E-state index contributed by atoms with van der Waals surface area (Å²) in [4.78, 5) is 5.06. The molecular weight excluding hydrogens is 220 g/mol. The summed E-state index contributed by atoms with van der Waals surface area (Å²) < 4.78 is 3.70. The highest BCUT2D eigenvalue weighted by molar-refractivity contribution is 5.28. The number of rotatable bonds is 1. The lowest BCUT2D eigenvalue weighted by molar-refractivity contribution is -0.511. The Morgan fingerprint density at radius 2 is 2.17 bits per heavy atom. The molecule has 0 aliphatic heterocycles. The smallest absolute Gasteiger partial charge is 0.325 e. The van der Waals surface area contributed by atoms with Crippen molar-refractivity contribution in [2.45, 2.75) is 0 Å². The van der Waals surface area contributed by atoms with Crippen LogP contribution in [0.5, 0.6) is 0 Å². The van der Waals surface area contributed by atoms with Crippen molar-refractivity contribution in [1.82, 2.24) is 4.73 Å². The second-order valence-electron chi connectivity index (χ2n) is 2.27. The van der Waals surface area contributed by atoms with Crippen molar-refractivity contribution in [3.05, 3.63) is 36.8 Å². The number of halogens is 1. The van der Waals surface area contributed by atoms with Crippen molar-refractivity contribution >= 4 is 5.65 Å². The standard InChI is InChI=1S/C8H9N2O.BrH/c1-11-10-7-6-9-5-3-2-4-8(9)10;/h2-7H,1H3;1H/q+1;/p-1. The minimum absolute atomic E-state index is 0. The molecule has 2 aromatic rings. The van der Waals surface area contributed by atoms with Crippen LogP contribution in [0.15, 0.2) is 36.8 Å². The van der Waals surface area contributed by atoms with Crippen LogP contribution in [0.2, 0.25) is 0 Å². The Kier molecular flexibility index (Phi) is 2.70. The topological polar surface area (TPSA) is 18.3 Å². The van der Waals surface area contributed by atoms with E-state index in [1.54, 1.807) is 11.8 Å². The summed E-state index contributed by atoms with van der Waals surface area (Å²) in [5.74, 6) is 0. The fourth-order valence-electron chi connectivity index (χ4n) is 1.12. The summed E-state index contributed by atoms with van der Waals surface area (Å²) in [5.41, 5.74) is 1.02. The Bertz CT molecular complexity index is 372. The molecule has 0 bridgehead atoms. The molecule has 2 heterocycles. The Morgan fingerprint density at radius 3 is 2.92 bits per heavy atom. The van der Waals surface area contributed by atoms with Gasteiger partial charge in [0.05, 0.1) is 6.20 Å². The van der Waals surface area contributed by atoms with Crippen LogP contribution in [-0.4, -0.2) is 11.8 Å². The zero-order chi connectivity index (χ0) is 7.68. The van der Waals surface area contributed by atoms with Gasteiger partial charge in [-0.05, 0) is 10.8 Å². The van der Waals surface area contributed by atoms with Crippen molar-refractivity contribution in [2.75, 3.05) is 7.11 Å². The average Bonchev–Trinajstić information content (AvgIpc) is 2.47. The summed E-state index contributed by atoms with van der Waals surface area (Å²) in [6, 6.07) is 5.95. The first-order chi connectivity index (χ1) is 5.42. The zero-order valence-electron chi connectivity index (χ0n) is 6.64. The number of pyridine rings is 1. The predicted molar refractivity (Wildman–Crippen MR) is 40.1 cm³/mol. The molecule has 0 aliphatic carbocycles. The van der Waals surface area contributed by atoms with Gasteiger partial charge in [-0.15, -0.1) is 0 Å². The van der Waals surface area contributed by atoms with Gasteiger partial charge in [0.2, 0.25) is 0 Å². The molecule has 12 heavy (non-hydrogen) atoms. The largest absolute Gasteiger partial charge is 1.00 e. The highest BCUT2D eigenvalue weighted by atomic mass is 79.9. The summed E-state index contributed by atoms with van der Waals surface area (Å²) in [6.45, 7) is 0. The van der Waals surface area contributed by atoms with E-state index in [1.165, 1.54) is 0 Å². The maximum Gasteiger partial charge on any atom is 0.325 e. The van der Waals surface area contributed by atoms with E-state index in [4.69, 9.17) is 4.84 Å². The van der Waals surface area contributed by atoms with E-state index in [0.717, 1.165) is 5.65 Å². The van der Waals surface area contributed by atoms with E-state index >= 15 is 0 Å². The van der Waals surface area contributed by atoms with Crippen LogP contribution in [0, 0.1) is 0 Å². The SMILES string of the molecule is COn1cc[n+]2ccccc12.[Br-]. The minimum atomic E-state index is 0. The Morgan fingerprint density at radius 1 is 1.33 bits per heavy atom. The number of imidazole rings is 1. The van der Waals surface area contributed by atoms with Crippen LogP contribution in [0.3, 0.4) is 0 Å². The molecule has 0 aromatic carbocycles. The molecule has 2 rings (SSSR count). The maximum atomic E-state index is 5.06. The van der Waals surface area contributed by atoms with Crippen LogP contribution >= 0.6 is 0 Å². The van der Waals surface area contributed by atoms with E-state index in [0.29, 0.717) is 0 Å². The highest BCUT2D eigenvalue weighted by Gasteiger charge is 2.06. The van der Waals surface area contributed by atoms with Gasteiger partial charge in [0, 0.05) is 6.07 Å². The monoisotopic (exact) mass is 228 g/mol. The third-order valence-electron chi connectivity index (χ3n) is 1.65. The van der Waals surface area contributed by atoms with Gasteiger partial charge in [-0.2, -0.15) is 4.40 Å². The van der Waals surface area contributed by atoms with Crippen molar-refractivity contribution in [3.63, 3.8) is 0 Å². The van der Waals surface area contributed by atoms with E-state index in [2.05, 4.69) is 0 Å². The van der Waals surface area contributed by atoms with Gasteiger partial charge < -0.3 is 21.8 Å². The fourth-order valence-corrected chi connectivity index (χ4v) is 1.12. The molecule has 0 N–H and O–H groups in total. The lowest BCUT2D eigenvalue weighted by atomic mass is 10.5. The Balaban J connectivity index is 0.000000720. The van der Waals surface area contributed by atoms with E-state index in [9.17, 15) is 0 Å². The molecule has 0 unspecified atom stereocenters. The summed E-state index contributed by atoms with van der Waals surface area (Å²) in [7, 11) is 1.65. The fraction of sp³-hybridized carbons (Fsp3) is 0.125. The molecule has 0 saturated carbocycles. The van der Waals surface area contributed by atoms with Crippen LogP contribution in [0.4, 0.5) is 0 Å². The second kappa shape index (κ2) is 3.58. The summed E-state index contributed by atoms with van der Waals surface area (Å²) >= 11 is 0. The van der Waals surface area contributed by atoms with Crippen molar-refractivity contribution in [1.29, 1.82) is 0 Å². The van der Waals surface area contributed by atoms with Crippen molar-refractivity contribution in [2.24, 2.45) is 0 Å². The number of hydrogen-bond donors (Lipinski definition) is 0. The predicted octanol–water partition coefficient (Wildman–Crippen LogP) is -2.71. The first-order valence-corrected chi connectivity index (χ1v) is 3.43. The molecule has 3 nitrogen and oxygen atoms in total. The Labute approximate surface area is 80.9 Å². The third-order valence-corrected chi connectivity index (χ3v) is 1.65. The molecule has 0 saturated heterocycles. The van der Waals surface area contributed by atoms with Gasteiger partial charge in [-0.25, -0.2) is 0 Å². The number of fused-ring (bicyclic) bond motifs is 1. The molecule has 0 atom stereocenters. The summed E-state index contributed by atoms with van der Waals surface area (Å²) in [5, 5.41) is 0. The lowest BCUT2D eigenvalue weighted by Crippen LogP contribution is -3.00. The van der Waals surface area contributed by atoms with Crippen LogP contribution in [0.25, 0.3) is 5.65 Å². The van der Waals surface area contributed by atoms with E-state index in [-0.39, 0.29) is 17.0 Å². The number of hydrogen-bond acceptors (Lipinski definition) is 1. The number of nitrogens with zero attached hydrogens (tertiary/aromatic N) is 2. The molecule has 0 radical (unpaired) electrons.